The largest absolute Gasteiger partial charge is 0.406 e. The molecule has 1 heterocycles. The fourth-order valence-electron chi connectivity index (χ4n) is 1.67. The molecule has 0 bridgehead atoms. The van der Waals surface area contributed by atoms with Gasteiger partial charge in [-0.25, -0.2) is 0 Å². The van der Waals surface area contributed by atoms with Crippen molar-refractivity contribution < 1.29 is 18.0 Å². The molecule has 0 aliphatic carbocycles. The van der Waals surface area contributed by atoms with Crippen LogP contribution in [0.25, 0.3) is 0 Å². The number of anilines is 1. The Bertz CT molecular complexity index is 513. The number of halogens is 4. The van der Waals surface area contributed by atoms with Gasteiger partial charge in [-0.05, 0) is 28.1 Å². The smallest absolute Gasteiger partial charge is 0.313 e. The van der Waals surface area contributed by atoms with Crippen LogP contribution in [0, 0.1) is 5.41 Å². The van der Waals surface area contributed by atoms with Crippen molar-refractivity contribution in [3.8, 4) is 0 Å². The summed E-state index contributed by atoms with van der Waals surface area (Å²) < 4.78 is 37.5. The average Bonchev–Trinajstić information content (AvgIpc) is 2.43. The Balaban J connectivity index is 2.51. The van der Waals surface area contributed by atoms with Gasteiger partial charge in [-0.3, -0.25) is 10.2 Å². The van der Waals surface area contributed by atoms with E-state index >= 15 is 0 Å². The summed E-state index contributed by atoms with van der Waals surface area (Å²) in [4.78, 5) is 12.3. The van der Waals surface area contributed by atoms with Gasteiger partial charge < -0.3 is 4.90 Å². The van der Waals surface area contributed by atoms with E-state index in [-0.39, 0.29) is 11.3 Å². The quantitative estimate of drug-likeness (QED) is 0.867. The lowest BCUT2D eigenvalue weighted by molar-refractivity contribution is -0.117. The van der Waals surface area contributed by atoms with Gasteiger partial charge in [0, 0.05) is 4.47 Å². The average molecular weight is 307 g/mol. The molecule has 0 saturated heterocycles. The Labute approximate surface area is 103 Å². The number of nitrogens with one attached hydrogen (secondary N) is 1. The summed E-state index contributed by atoms with van der Waals surface area (Å²) in [5.74, 6) is -1.34. The van der Waals surface area contributed by atoms with Crippen LogP contribution in [0.2, 0.25) is 0 Å². The van der Waals surface area contributed by atoms with Crippen molar-refractivity contribution in [1.29, 1.82) is 5.41 Å². The highest BCUT2D eigenvalue weighted by Gasteiger charge is 2.41. The molecule has 0 radical (unpaired) electrons. The third-order valence-corrected chi connectivity index (χ3v) is 2.96. The molecule has 7 heteroatoms. The minimum atomic E-state index is -4.47. The van der Waals surface area contributed by atoms with E-state index in [4.69, 9.17) is 5.41 Å². The molecule has 0 atom stereocenters. The number of carbonyl (C=O) groups is 1. The van der Waals surface area contributed by atoms with Crippen LogP contribution in [-0.2, 0) is 0 Å². The first-order valence-corrected chi connectivity index (χ1v) is 5.36. The fraction of sp³-hybridized carbons (Fsp3) is 0.200. The minimum absolute atomic E-state index is 0.111. The van der Waals surface area contributed by atoms with E-state index in [1.54, 1.807) is 6.07 Å². The normalized spacial score (nSPS) is 15.4. The molecular formula is C10H6BrF3N2O. The van der Waals surface area contributed by atoms with E-state index < -0.39 is 24.3 Å². The minimum Gasteiger partial charge on any atom is -0.313 e. The summed E-state index contributed by atoms with van der Waals surface area (Å²) in [7, 11) is 0. The van der Waals surface area contributed by atoms with E-state index in [1.165, 1.54) is 12.1 Å². The van der Waals surface area contributed by atoms with E-state index in [0.717, 1.165) is 0 Å². The number of para-hydroxylation sites is 1. The highest BCUT2D eigenvalue weighted by Crippen LogP contribution is 2.37. The molecule has 0 aromatic heterocycles. The summed E-state index contributed by atoms with van der Waals surface area (Å²) in [6, 6.07) is 4.49. The lowest BCUT2D eigenvalue weighted by Crippen LogP contribution is -2.37. The van der Waals surface area contributed by atoms with E-state index in [0.29, 0.717) is 9.37 Å². The van der Waals surface area contributed by atoms with Crippen LogP contribution in [0.3, 0.4) is 0 Å². The molecule has 1 aromatic rings. The van der Waals surface area contributed by atoms with Crippen LogP contribution in [0.1, 0.15) is 10.4 Å². The first-order chi connectivity index (χ1) is 7.81. The second-order valence-corrected chi connectivity index (χ2v) is 4.37. The van der Waals surface area contributed by atoms with Gasteiger partial charge in [0.1, 0.15) is 6.54 Å². The molecule has 1 aromatic carbocycles. The molecule has 0 unspecified atom stereocenters. The molecule has 0 saturated carbocycles. The van der Waals surface area contributed by atoms with Crippen molar-refractivity contribution >= 4 is 33.2 Å². The summed E-state index contributed by atoms with van der Waals surface area (Å²) >= 11 is 3.09. The number of carbonyl (C=O) groups excluding carboxylic acids is 1. The highest BCUT2D eigenvalue weighted by molar-refractivity contribution is 9.10. The van der Waals surface area contributed by atoms with Gasteiger partial charge in [-0.2, -0.15) is 13.2 Å². The number of hydrogen-bond donors (Lipinski definition) is 1. The molecule has 1 aliphatic heterocycles. The van der Waals surface area contributed by atoms with Gasteiger partial charge in [-0.15, -0.1) is 0 Å². The third-order valence-electron chi connectivity index (χ3n) is 2.32. The Kier molecular flexibility index (Phi) is 2.73. The van der Waals surface area contributed by atoms with Gasteiger partial charge >= 0.3 is 6.18 Å². The van der Waals surface area contributed by atoms with Crippen LogP contribution in [0.5, 0.6) is 0 Å². The summed E-state index contributed by atoms with van der Waals surface area (Å²) in [6.07, 6.45) is -4.47. The summed E-state index contributed by atoms with van der Waals surface area (Å²) in [6.45, 7) is -1.34. The van der Waals surface area contributed by atoms with Gasteiger partial charge in [0.2, 0.25) is 5.78 Å². The zero-order valence-corrected chi connectivity index (χ0v) is 9.89. The van der Waals surface area contributed by atoms with Crippen LogP contribution in [0.4, 0.5) is 18.9 Å². The molecule has 0 amide bonds. The number of rotatable bonds is 1. The topological polar surface area (TPSA) is 44.2 Å². The molecular weight excluding hydrogens is 301 g/mol. The fourth-order valence-corrected chi connectivity index (χ4v) is 2.25. The maximum absolute atomic E-state index is 12.4. The highest BCUT2D eigenvalue weighted by atomic mass is 79.9. The lowest BCUT2D eigenvalue weighted by Gasteiger charge is -2.20. The maximum atomic E-state index is 12.4. The number of nitrogens with zero attached hydrogens (tertiary/aromatic N) is 1. The first kappa shape index (κ1) is 12.1. The number of fused-ring (bicyclic) bond motifs is 1. The Morgan fingerprint density at radius 3 is 2.59 bits per heavy atom. The van der Waals surface area contributed by atoms with Crippen molar-refractivity contribution in [2.45, 2.75) is 6.18 Å². The number of ketones is 1. The molecule has 2 rings (SSSR count). The van der Waals surface area contributed by atoms with Crippen molar-refractivity contribution in [3.05, 3.63) is 28.2 Å². The van der Waals surface area contributed by atoms with Crippen LogP contribution >= 0.6 is 15.9 Å². The molecule has 1 N–H and O–H groups in total. The summed E-state index contributed by atoms with van der Waals surface area (Å²) in [5.41, 5.74) is 0.230. The number of alkyl halides is 3. The Morgan fingerprint density at radius 1 is 1.35 bits per heavy atom. The predicted octanol–water partition coefficient (Wildman–Crippen LogP) is 2.99. The van der Waals surface area contributed by atoms with Crippen molar-refractivity contribution in [3.63, 3.8) is 0 Å². The van der Waals surface area contributed by atoms with Crippen LogP contribution < -0.4 is 4.90 Å². The molecule has 90 valence electrons. The van der Waals surface area contributed by atoms with E-state index in [1.807, 2.05) is 0 Å². The molecule has 17 heavy (non-hydrogen) atoms. The monoisotopic (exact) mass is 306 g/mol. The second kappa shape index (κ2) is 3.83. The standard InChI is InChI=1S/C10H6BrF3N2O/c11-6-3-1-2-5-7(6)16(4-10(12,13)14)9(15)8(5)17/h1-3,15H,4H2. The van der Waals surface area contributed by atoms with Crippen LogP contribution in [0.15, 0.2) is 22.7 Å². The zero-order valence-electron chi connectivity index (χ0n) is 8.31. The molecule has 0 spiro atoms. The Hall–Kier alpha value is -1.37. The van der Waals surface area contributed by atoms with E-state index in [2.05, 4.69) is 15.9 Å². The molecule has 3 nitrogen and oxygen atoms in total. The molecule has 1 aliphatic rings. The third kappa shape index (κ3) is 2.06. The Morgan fingerprint density at radius 2 is 2.00 bits per heavy atom. The van der Waals surface area contributed by atoms with Crippen LogP contribution in [-0.4, -0.2) is 24.3 Å². The van der Waals surface area contributed by atoms with E-state index in [9.17, 15) is 18.0 Å². The summed E-state index contributed by atoms with van der Waals surface area (Å²) in [5, 5.41) is 7.43. The zero-order chi connectivity index (χ0) is 12.8. The van der Waals surface area contributed by atoms with Crippen molar-refractivity contribution in [2.75, 3.05) is 11.4 Å². The maximum Gasteiger partial charge on any atom is 0.406 e. The first-order valence-electron chi connectivity index (χ1n) is 4.57. The number of Topliss-reactive ketones (excluding diaryl/α,β-unsaturated/α-hetero) is 1. The van der Waals surface area contributed by atoms with Gasteiger partial charge in [-0.1, -0.05) is 6.07 Å². The lowest BCUT2D eigenvalue weighted by atomic mass is 10.1. The predicted molar refractivity (Wildman–Crippen MR) is 59.6 cm³/mol. The number of hydrogen-bond acceptors (Lipinski definition) is 2. The SMILES string of the molecule is N=C1C(=O)c2cccc(Br)c2N1CC(F)(F)F. The van der Waals surface area contributed by atoms with Crippen molar-refractivity contribution in [2.24, 2.45) is 0 Å². The molecule has 0 fully saturated rings. The van der Waals surface area contributed by atoms with Gasteiger partial charge in [0.15, 0.2) is 5.84 Å². The number of benzene rings is 1. The van der Waals surface area contributed by atoms with Gasteiger partial charge in [0.25, 0.3) is 0 Å². The second-order valence-electron chi connectivity index (χ2n) is 3.52. The van der Waals surface area contributed by atoms with Gasteiger partial charge in [0.05, 0.1) is 11.3 Å². The number of amidine groups is 1. The van der Waals surface area contributed by atoms with Crippen molar-refractivity contribution in [1.82, 2.24) is 0 Å².